The van der Waals surface area contributed by atoms with Crippen LogP contribution in [-0.4, -0.2) is 34.6 Å². The van der Waals surface area contributed by atoms with E-state index in [1.54, 1.807) is 49.5 Å². The second kappa shape index (κ2) is 29.1. The van der Waals surface area contributed by atoms with Crippen LogP contribution in [0.4, 0.5) is 0 Å². The smallest absolute Gasteiger partial charge is 0.133 e. The minimum absolute atomic E-state index is 0.00213. The molecular formula is C103H110O6S3. The van der Waals surface area contributed by atoms with Gasteiger partial charge < -0.3 is 29.9 Å². The summed E-state index contributed by atoms with van der Waals surface area (Å²) in [5.74, 6) is 2.63. The molecule has 576 valence electrons. The highest BCUT2D eigenvalue weighted by Crippen LogP contribution is 2.68. The van der Waals surface area contributed by atoms with Crippen LogP contribution < -0.4 is 9.47 Å². The Balaban J connectivity index is 0.000000127. The first-order chi connectivity index (χ1) is 53.4. The van der Waals surface area contributed by atoms with E-state index in [9.17, 15) is 20.4 Å². The molecule has 6 aliphatic carbocycles. The lowest BCUT2D eigenvalue weighted by Gasteiger charge is -2.51. The molecule has 0 aromatic heterocycles. The second-order valence-electron chi connectivity index (χ2n) is 37.1. The normalized spacial score (nSPS) is 17.8. The van der Waals surface area contributed by atoms with Crippen LogP contribution in [-0.2, 0) is 22.9 Å². The average molecular weight is 1540 g/mol. The molecule has 0 saturated heterocycles. The molecule has 0 amide bonds. The Hall–Kier alpha value is -8.57. The third-order valence-corrected chi connectivity index (χ3v) is 30.3. The molecule has 0 aliphatic heterocycles. The minimum atomic E-state index is -0.131. The van der Waals surface area contributed by atoms with Gasteiger partial charge in [-0.3, -0.25) is 0 Å². The molecule has 0 atom stereocenters. The van der Waals surface area contributed by atoms with Gasteiger partial charge in [-0.05, 0) is 291 Å². The number of ether oxygens (including phenoxy) is 2. The molecule has 112 heavy (non-hydrogen) atoms. The number of hydrogen-bond donors (Lipinski definition) is 4. The molecule has 18 rings (SSSR count). The van der Waals surface area contributed by atoms with Crippen LogP contribution in [0.1, 0.15) is 211 Å². The summed E-state index contributed by atoms with van der Waals surface area (Å²) in [6, 6.07) is 65.1. The largest absolute Gasteiger partial charge is 0.507 e. The molecule has 6 nitrogen and oxygen atoms in total. The van der Waals surface area contributed by atoms with Crippen LogP contribution in [0.2, 0.25) is 0 Å². The van der Waals surface area contributed by atoms with Gasteiger partial charge in [0.15, 0.2) is 0 Å². The Morgan fingerprint density at radius 3 is 0.955 bits per heavy atom. The zero-order chi connectivity index (χ0) is 78.9. The van der Waals surface area contributed by atoms with Crippen LogP contribution in [0.3, 0.4) is 0 Å². The lowest BCUT2D eigenvalue weighted by atomic mass is 9.52. The summed E-state index contributed by atoms with van der Waals surface area (Å²) in [6.45, 7) is 32.2. The summed E-state index contributed by atoms with van der Waals surface area (Å²) >= 11 is 5.21. The van der Waals surface area contributed by atoms with E-state index in [-0.39, 0.29) is 44.5 Å². The number of aliphatic hydroxyl groups excluding tert-OH is 1. The first-order valence-electron chi connectivity index (χ1n) is 40.7. The van der Waals surface area contributed by atoms with Crippen molar-refractivity contribution < 1.29 is 29.9 Å². The number of rotatable bonds is 9. The zero-order valence-corrected chi connectivity index (χ0v) is 71.0. The number of benzene rings is 12. The van der Waals surface area contributed by atoms with Crippen molar-refractivity contribution in [2.24, 2.45) is 21.7 Å². The molecule has 9 heteroatoms. The van der Waals surface area contributed by atoms with Crippen molar-refractivity contribution in [2.45, 2.75) is 233 Å². The zero-order valence-electron chi connectivity index (χ0n) is 68.6. The van der Waals surface area contributed by atoms with Crippen molar-refractivity contribution in [3.63, 3.8) is 0 Å². The minimum Gasteiger partial charge on any atom is -0.507 e. The van der Waals surface area contributed by atoms with Gasteiger partial charge >= 0.3 is 0 Å². The summed E-state index contributed by atoms with van der Waals surface area (Å²) < 4.78 is 11.7. The summed E-state index contributed by atoms with van der Waals surface area (Å²) in [4.78, 5) is 6.89. The topological polar surface area (TPSA) is 99.4 Å². The Morgan fingerprint density at radius 2 is 0.607 bits per heavy atom. The van der Waals surface area contributed by atoms with Gasteiger partial charge in [-0.25, -0.2) is 0 Å². The number of aliphatic hydroxyl groups is 1. The highest BCUT2D eigenvalue weighted by atomic mass is 32.2. The molecule has 12 aromatic rings. The fourth-order valence-corrected chi connectivity index (χ4v) is 26.3. The Labute approximate surface area is 677 Å². The number of aryl methyl sites for hydroxylation is 6. The van der Waals surface area contributed by atoms with Crippen LogP contribution in [0.5, 0.6) is 28.7 Å². The molecule has 0 unspecified atom stereocenters. The Kier molecular flexibility index (Phi) is 20.1. The van der Waals surface area contributed by atoms with Gasteiger partial charge in [0.05, 0.1) is 30.6 Å². The molecule has 4 N–H and O–H groups in total. The number of phenols is 3. The number of fused-ring (bicyclic) bond motifs is 21. The SMILES string of the molecule is COc1cc2c(O)cc3c(c2cc1Sc1c(C)cccc1C)-c1ccccc1C31CC(C)(C)CC(C)(C)C1.COc1cc2c(O)cc3c(c2cc1Sc1c(C)cccc1C)-c1ccccc1C31CCCCCCC1.Cc1cccc(C)c1Sc1cc2c(O)cc3c(c2cc1CO)-c1ccccc1C31CC(C)(C)CC(C)(C)C1. The van der Waals surface area contributed by atoms with Crippen LogP contribution in [0.25, 0.3) is 65.7 Å². The first kappa shape index (κ1) is 77.4. The quantitative estimate of drug-likeness (QED) is 0.113. The molecule has 3 fully saturated rings. The monoisotopic (exact) mass is 1540 g/mol. The van der Waals surface area contributed by atoms with Gasteiger partial charge in [-0.15, -0.1) is 0 Å². The predicted octanol–water partition coefficient (Wildman–Crippen LogP) is 28.5. The molecule has 3 spiro atoms. The van der Waals surface area contributed by atoms with Crippen molar-refractivity contribution in [1.82, 2.24) is 0 Å². The fourth-order valence-electron chi connectivity index (χ4n) is 23.0. The Bertz CT molecular complexity index is 5670. The third-order valence-electron chi connectivity index (χ3n) is 26.1. The van der Waals surface area contributed by atoms with Gasteiger partial charge in [0.1, 0.15) is 28.7 Å². The highest BCUT2D eigenvalue weighted by Gasteiger charge is 2.56. The number of aromatic hydroxyl groups is 3. The average Bonchev–Trinajstić information content (AvgIpc) is 1.52. The summed E-state index contributed by atoms with van der Waals surface area (Å²) in [7, 11) is 3.44. The van der Waals surface area contributed by atoms with E-state index in [1.807, 2.05) is 12.1 Å². The molecule has 12 aromatic carbocycles. The van der Waals surface area contributed by atoms with E-state index < -0.39 is 0 Å². The third kappa shape index (κ3) is 13.4. The first-order valence-corrected chi connectivity index (χ1v) is 43.1. The maximum absolute atomic E-state index is 11.6. The molecule has 3 saturated carbocycles. The number of hydrogen-bond acceptors (Lipinski definition) is 9. The standard InChI is InChI=1S/2C35H38O2S.C33H34O2S/c1-21-11-10-12-22(2)32(21)38-30-16-25-24(15-29(30)37-7)28(36)17-27-31(25)23-13-8-9-14-26(23)35(27)19-33(3,4)18-34(5,6)20-35;1-21-10-9-11-22(2)32(21)38-30-15-25-26(14-23(30)17-36)31-24-12-7-8-13-27(24)35(28(31)16-29(25)37)19-33(3,4)18-34(5,6)20-35;1-21-12-11-13-22(2)32(21)36-30-19-25-24(18-29(30)35-3)28(34)20-27-31(25)23-14-7-8-15-26(23)33(27)16-9-5-4-6-10-17-33/h8-17,36H,18-20H2,1-7H3;7-16,36-37H,17-20H2,1-6H3;7-8,11-15,18-20,34H,4-6,9-10,16-17H2,1-3H3. The summed E-state index contributed by atoms with van der Waals surface area (Å²) in [5.41, 5.74) is 24.8. The van der Waals surface area contributed by atoms with E-state index in [2.05, 4.69) is 267 Å². The van der Waals surface area contributed by atoms with Crippen molar-refractivity contribution in [3.8, 4) is 62.1 Å². The van der Waals surface area contributed by atoms with Crippen LogP contribution >= 0.6 is 35.3 Å². The maximum atomic E-state index is 11.6. The molecule has 0 radical (unpaired) electrons. The van der Waals surface area contributed by atoms with E-state index in [0.29, 0.717) is 17.2 Å². The van der Waals surface area contributed by atoms with Gasteiger partial charge in [0.25, 0.3) is 0 Å². The summed E-state index contributed by atoms with van der Waals surface area (Å²) in [5, 5.41) is 50.9. The van der Waals surface area contributed by atoms with E-state index in [0.717, 1.165) is 103 Å². The van der Waals surface area contributed by atoms with E-state index >= 15 is 0 Å². The van der Waals surface area contributed by atoms with Crippen LogP contribution in [0.15, 0.2) is 211 Å². The van der Waals surface area contributed by atoms with Crippen molar-refractivity contribution in [3.05, 3.63) is 254 Å². The molecule has 0 heterocycles. The Morgan fingerprint density at radius 1 is 0.312 bits per heavy atom. The van der Waals surface area contributed by atoms with Gasteiger partial charge in [-0.1, -0.05) is 250 Å². The summed E-state index contributed by atoms with van der Waals surface area (Å²) in [6.07, 6.45) is 15.4. The molecule has 6 aliphatic rings. The lowest BCUT2D eigenvalue weighted by Crippen LogP contribution is -2.43. The highest BCUT2D eigenvalue weighted by molar-refractivity contribution is 8.00. The van der Waals surface area contributed by atoms with Crippen molar-refractivity contribution >= 4 is 67.6 Å². The van der Waals surface area contributed by atoms with Crippen LogP contribution in [0, 0.1) is 63.2 Å². The van der Waals surface area contributed by atoms with Gasteiger partial charge in [-0.2, -0.15) is 0 Å². The maximum Gasteiger partial charge on any atom is 0.133 e. The van der Waals surface area contributed by atoms with E-state index in [4.69, 9.17) is 9.47 Å². The molecule has 0 bridgehead atoms. The predicted molar refractivity (Wildman–Crippen MR) is 470 cm³/mol. The van der Waals surface area contributed by atoms with Gasteiger partial charge in [0.2, 0.25) is 0 Å². The van der Waals surface area contributed by atoms with Gasteiger partial charge in [0, 0.05) is 52.0 Å². The second-order valence-corrected chi connectivity index (χ2v) is 40.2. The lowest BCUT2D eigenvalue weighted by molar-refractivity contribution is 0.0641. The number of phenolic OH excluding ortho intramolecular Hbond substituents is 3. The fraction of sp³-hybridized carbons (Fsp3) is 0.359. The molecular weight excluding hydrogens is 1430 g/mol. The van der Waals surface area contributed by atoms with Crippen molar-refractivity contribution in [2.75, 3.05) is 14.2 Å². The number of methoxy groups -OCH3 is 2. The van der Waals surface area contributed by atoms with Crippen molar-refractivity contribution in [1.29, 1.82) is 0 Å². The van der Waals surface area contributed by atoms with E-state index in [1.165, 1.54) is 160 Å².